The Kier molecular flexibility index (Phi) is 6.97. The average molecular weight is 264 g/mol. The number of nitrogens with zero attached hydrogens (tertiary/aromatic N) is 3. The molecule has 0 amide bonds. The molecule has 0 unspecified atom stereocenters. The van der Waals surface area contributed by atoms with Gasteiger partial charge in [-0.3, -0.25) is 0 Å². The average Bonchev–Trinajstić information content (AvgIpc) is 2.34. The van der Waals surface area contributed by atoms with Crippen LogP contribution < -0.4 is 17.2 Å². The fourth-order valence-corrected chi connectivity index (χ4v) is 0.991. The number of nitrogen functional groups attached to an aromatic ring is 3. The molecule has 0 atom stereocenters. The zero-order valence-electron chi connectivity index (χ0n) is 10.4. The molecule has 0 saturated carbocycles. The zero-order chi connectivity index (χ0) is 14.8. The number of rotatable bonds is 0. The van der Waals surface area contributed by atoms with Gasteiger partial charge in [0.15, 0.2) is 0 Å². The Morgan fingerprint density at radius 1 is 0.947 bits per heavy atom. The van der Waals surface area contributed by atoms with Gasteiger partial charge in [-0.1, -0.05) is 18.2 Å². The largest absolute Gasteiger partial charge is 0.508 e. The van der Waals surface area contributed by atoms with E-state index in [0.717, 1.165) is 5.56 Å². The summed E-state index contributed by atoms with van der Waals surface area (Å²) in [6.45, 7) is 3.87. The van der Waals surface area contributed by atoms with Crippen LogP contribution in [0.5, 0.6) is 5.75 Å². The summed E-state index contributed by atoms with van der Waals surface area (Å²) in [5.74, 6) is 0.493. The van der Waals surface area contributed by atoms with Crippen LogP contribution >= 0.6 is 0 Å². The smallest absolute Gasteiger partial charge is 0.226 e. The molecule has 2 aromatic rings. The SMILES string of the molecule is C=O.Cc1ccccc1O.Nc1nc(N)nc(N)n1. The second-order valence-corrected chi connectivity index (χ2v) is 3.20. The fraction of sp³-hybridized carbons (Fsp3) is 0.0909. The van der Waals surface area contributed by atoms with Crippen LogP contribution in [-0.4, -0.2) is 26.8 Å². The van der Waals surface area contributed by atoms with E-state index in [2.05, 4.69) is 15.0 Å². The standard InChI is InChI=1S/C7H8O.C3H6N6.CH2O/c1-6-4-2-3-5-7(6)8;4-1-7-2(5)9-3(6)8-1;1-2/h2-5,8H,1H3;(H6,4,5,6,7,8,9);1H2. The van der Waals surface area contributed by atoms with Crippen molar-refractivity contribution in [2.45, 2.75) is 6.92 Å². The van der Waals surface area contributed by atoms with Gasteiger partial charge in [0.2, 0.25) is 17.8 Å². The molecule has 0 aliphatic heterocycles. The summed E-state index contributed by atoms with van der Waals surface area (Å²) >= 11 is 0. The van der Waals surface area contributed by atoms with E-state index in [0.29, 0.717) is 5.75 Å². The van der Waals surface area contributed by atoms with Gasteiger partial charge in [0.05, 0.1) is 0 Å². The van der Waals surface area contributed by atoms with Crippen molar-refractivity contribution in [3.8, 4) is 5.75 Å². The molecule has 1 aromatic carbocycles. The van der Waals surface area contributed by atoms with Gasteiger partial charge in [-0.2, -0.15) is 15.0 Å². The van der Waals surface area contributed by atoms with Crippen LogP contribution in [-0.2, 0) is 4.79 Å². The molecule has 8 nitrogen and oxygen atoms in total. The van der Waals surface area contributed by atoms with Crippen LogP contribution in [0.15, 0.2) is 24.3 Å². The number of aromatic nitrogens is 3. The summed E-state index contributed by atoms with van der Waals surface area (Å²) in [4.78, 5) is 18.5. The van der Waals surface area contributed by atoms with E-state index < -0.39 is 0 Å². The van der Waals surface area contributed by atoms with Crippen molar-refractivity contribution in [2.75, 3.05) is 17.2 Å². The van der Waals surface area contributed by atoms with Crippen molar-refractivity contribution in [2.24, 2.45) is 0 Å². The number of benzene rings is 1. The summed E-state index contributed by atoms with van der Waals surface area (Å²) in [5.41, 5.74) is 16.3. The molecule has 1 aromatic heterocycles. The third-order valence-electron chi connectivity index (χ3n) is 1.80. The first-order chi connectivity index (χ1) is 8.99. The van der Waals surface area contributed by atoms with Crippen molar-refractivity contribution in [3.05, 3.63) is 29.8 Å². The molecule has 0 radical (unpaired) electrons. The molecule has 102 valence electrons. The maximum absolute atomic E-state index is 8.92. The number of hydrogen-bond donors (Lipinski definition) is 4. The highest BCUT2D eigenvalue weighted by atomic mass is 16.3. The summed E-state index contributed by atoms with van der Waals surface area (Å²) in [6, 6.07) is 7.25. The Bertz CT molecular complexity index is 449. The third kappa shape index (κ3) is 6.41. The first-order valence-electron chi connectivity index (χ1n) is 5.05. The number of phenolic OH excluding ortho intramolecular Hbond substituents is 1. The number of nitrogens with two attached hydrogens (primary N) is 3. The lowest BCUT2D eigenvalue weighted by molar-refractivity contribution is -0.0979. The number of anilines is 3. The molecule has 8 heteroatoms. The van der Waals surface area contributed by atoms with E-state index in [4.69, 9.17) is 27.1 Å². The molecular formula is C11H16N6O2. The normalized spacial score (nSPS) is 8.47. The van der Waals surface area contributed by atoms with Crippen molar-refractivity contribution >= 4 is 24.6 Å². The van der Waals surface area contributed by atoms with Crippen LogP contribution in [0.25, 0.3) is 0 Å². The Morgan fingerprint density at radius 3 is 1.58 bits per heavy atom. The number of carbonyl (C=O) groups is 1. The van der Waals surface area contributed by atoms with E-state index in [9.17, 15) is 0 Å². The monoisotopic (exact) mass is 264 g/mol. The van der Waals surface area contributed by atoms with Crippen molar-refractivity contribution < 1.29 is 9.90 Å². The second kappa shape index (κ2) is 8.23. The molecule has 0 spiro atoms. The number of phenols is 1. The minimum absolute atomic E-state index is 0.0417. The van der Waals surface area contributed by atoms with Gasteiger partial charge in [-0.25, -0.2) is 0 Å². The van der Waals surface area contributed by atoms with E-state index >= 15 is 0 Å². The van der Waals surface area contributed by atoms with Gasteiger partial charge in [-0.05, 0) is 18.6 Å². The van der Waals surface area contributed by atoms with Crippen LogP contribution in [0.4, 0.5) is 17.8 Å². The van der Waals surface area contributed by atoms with Gasteiger partial charge in [0.1, 0.15) is 12.5 Å². The zero-order valence-corrected chi connectivity index (χ0v) is 10.4. The molecule has 1 heterocycles. The van der Waals surface area contributed by atoms with E-state index in [1.54, 1.807) is 6.07 Å². The van der Waals surface area contributed by atoms with Crippen molar-refractivity contribution in [3.63, 3.8) is 0 Å². The molecule has 0 saturated heterocycles. The Labute approximate surface area is 110 Å². The lowest BCUT2D eigenvalue weighted by Crippen LogP contribution is -2.05. The van der Waals surface area contributed by atoms with E-state index in [1.165, 1.54) is 0 Å². The van der Waals surface area contributed by atoms with Gasteiger partial charge in [0.25, 0.3) is 0 Å². The second-order valence-electron chi connectivity index (χ2n) is 3.20. The molecule has 2 rings (SSSR count). The van der Waals surface area contributed by atoms with Gasteiger partial charge < -0.3 is 27.1 Å². The number of aromatic hydroxyl groups is 1. The van der Waals surface area contributed by atoms with Crippen LogP contribution in [0.1, 0.15) is 5.56 Å². The maximum Gasteiger partial charge on any atom is 0.226 e. The summed E-state index contributed by atoms with van der Waals surface area (Å²) < 4.78 is 0. The van der Waals surface area contributed by atoms with Gasteiger partial charge in [-0.15, -0.1) is 0 Å². The number of para-hydroxylation sites is 1. The third-order valence-corrected chi connectivity index (χ3v) is 1.80. The van der Waals surface area contributed by atoms with Gasteiger partial charge >= 0.3 is 0 Å². The lowest BCUT2D eigenvalue weighted by atomic mass is 10.2. The summed E-state index contributed by atoms with van der Waals surface area (Å²) in [7, 11) is 0. The predicted octanol–water partition coefficient (Wildman–Crippen LogP) is 0.134. The summed E-state index contributed by atoms with van der Waals surface area (Å²) in [5, 5.41) is 8.92. The highest BCUT2D eigenvalue weighted by Gasteiger charge is 1.93. The lowest BCUT2D eigenvalue weighted by Gasteiger charge is -1.93. The van der Waals surface area contributed by atoms with Crippen LogP contribution in [0.3, 0.4) is 0 Å². The minimum Gasteiger partial charge on any atom is -0.508 e. The van der Waals surface area contributed by atoms with Crippen molar-refractivity contribution in [1.29, 1.82) is 0 Å². The van der Waals surface area contributed by atoms with Crippen LogP contribution in [0, 0.1) is 6.92 Å². The molecule has 0 bridgehead atoms. The van der Waals surface area contributed by atoms with Crippen molar-refractivity contribution in [1.82, 2.24) is 15.0 Å². The Balaban J connectivity index is 0.000000303. The maximum atomic E-state index is 8.92. The Morgan fingerprint density at radius 2 is 1.32 bits per heavy atom. The first kappa shape index (κ1) is 16.1. The molecular weight excluding hydrogens is 248 g/mol. The quantitative estimate of drug-likeness (QED) is 0.523. The summed E-state index contributed by atoms with van der Waals surface area (Å²) in [6.07, 6.45) is 0. The minimum atomic E-state index is 0.0417. The van der Waals surface area contributed by atoms with E-state index in [1.807, 2.05) is 31.9 Å². The topological polar surface area (TPSA) is 154 Å². The van der Waals surface area contributed by atoms with Gasteiger partial charge in [0, 0.05) is 0 Å². The highest BCUT2D eigenvalue weighted by Crippen LogP contribution is 2.12. The Hall–Kier alpha value is -2.90. The van der Waals surface area contributed by atoms with Crippen LogP contribution in [0.2, 0.25) is 0 Å². The molecule has 7 N–H and O–H groups in total. The number of aryl methyl sites for hydroxylation is 1. The molecule has 0 aliphatic carbocycles. The van der Waals surface area contributed by atoms with E-state index in [-0.39, 0.29) is 17.8 Å². The fourth-order valence-electron chi connectivity index (χ4n) is 0.991. The predicted molar refractivity (Wildman–Crippen MR) is 73.0 cm³/mol. The number of hydrogen-bond acceptors (Lipinski definition) is 8. The first-order valence-corrected chi connectivity index (χ1v) is 5.05. The molecule has 0 fully saturated rings. The molecule has 0 aliphatic rings. The molecule has 19 heavy (non-hydrogen) atoms. The number of carbonyl (C=O) groups excluding carboxylic acids is 1. The highest BCUT2D eigenvalue weighted by molar-refractivity contribution is 5.33.